The first-order valence-electron chi connectivity index (χ1n) is 5.96. The summed E-state index contributed by atoms with van der Waals surface area (Å²) < 4.78 is 0. The van der Waals surface area contributed by atoms with Crippen LogP contribution in [0.4, 0.5) is 5.69 Å². The summed E-state index contributed by atoms with van der Waals surface area (Å²) in [6, 6.07) is 9.52. The van der Waals surface area contributed by atoms with E-state index in [1.807, 2.05) is 30.5 Å². The molecule has 0 saturated carbocycles. The number of rotatable bonds is 3. The summed E-state index contributed by atoms with van der Waals surface area (Å²) in [6.07, 6.45) is 2.02. The van der Waals surface area contributed by atoms with Crippen LogP contribution in [-0.2, 0) is 0 Å². The number of hydrogen-bond donors (Lipinski definition) is 2. The third kappa shape index (κ3) is 3.87. The van der Waals surface area contributed by atoms with Crippen LogP contribution in [0.5, 0.6) is 0 Å². The zero-order valence-electron chi connectivity index (χ0n) is 11.0. The van der Waals surface area contributed by atoms with Gasteiger partial charge >= 0.3 is 0 Å². The molecule has 0 unspecified atom stereocenters. The van der Waals surface area contributed by atoms with Gasteiger partial charge in [0.25, 0.3) is 5.91 Å². The van der Waals surface area contributed by atoms with Crippen molar-refractivity contribution < 1.29 is 4.79 Å². The number of amides is 1. The van der Waals surface area contributed by atoms with E-state index in [1.165, 1.54) is 11.3 Å². The Hall–Kier alpha value is -1.74. The standard InChI is InChI=1S/C15H14N2OS2/c1-19-13-6-4-12(5-7-13)17-15(18)11-9-14(20-10-11)3-2-8-16/h4-7,9-10H,8,16H2,1H3,(H,17,18). The Morgan fingerprint density at radius 2 is 2.15 bits per heavy atom. The van der Waals surface area contributed by atoms with E-state index in [-0.39, 0.29) is 5.91 Å². The van der Waals surface area contributed by atoms with Gasteiger partial charge in [0, 0.05) is 16.0 Å². The predicted octanol–water partition coefficient (Wildman–Crippen LogP) is 3.03. The third-order valence-corrected chi connectivity index (χ3v) is 4.11. The molecule has 0 aliphatic carbocycles. The van der Waals surface area contributed by atoms with Crippen LogP contribution < -0.4 is 11.1 Å². The van der Waals surface area contributed by atoms with Crippen LogP contribution in [0.25, 0.3) is 0 Å². The van der Waals surface area contributed by atoms with Crippen LogP contribution >= 0.6 is 23.1 Å². The minimum atomic E-state index is -0.126. The van der Waals surface area contributed by atoms with Crippen LogP contribution in [0.15, 0.2) is 40.6 Å². The van der Waals surface area contributed by atoms with Crippen molar-refractivity contribution in [2.75, 3.05) is 18.1 Å². The Bertz CT molecular complexity index is 651. The van der Waals surface area contributed by atoms with Crippen molar-refractivity contribution in [2.24, 2.45) is 5.73 Å². The van der Waals surface area contributed by atoms with E-state index in [0.29, 0.717) is 12.1 Å². The van der Waals surface area contributed by atoms with Gasteiger partial charge in [0.1, 0.15) is 0 Å². The summed E-state index contributed by atoms with van der Waals surface area (Å²) in [5.41, 5.74) is 6.72. The lowest BCUT2D eigenvalue weighted by Gasteiger charge is -2.04. The van der Waals surface area contributed by atoms with Crippen molar-refractivity contribution in [3.8, 4) is 11.8 Å². The Balaban J connectivity index is 2.05. The molecule has 1 aromatic carbocycles. The topological polar surface area (TPSA) is 55.1 Å². The largest absolute Gasteiger partial charge is 0.322 e. The summed E-state index contributed by atoms with van der Waals surface area (Å²) in [7, 11) is 0. The molecular weight excluding hydrogens is 288 g/mol. The zero-order chi connectivity index (χ0) is 14.4. The number of thioether (sulfide) groups is 1. The van der Waals surface area contributed by atoms with Gasteiger partial charge in [-0.3, -0.25) is 4.79 Å². The highest BCUT2D eigenvalue weighted by atomic mass is 32.2. The third-order valence-electron chi connectivity index (χ3n) is 2.52. The first-order valence-corrected chi connectivity index (χ1v) is 8.06. The summed E-state index contributed by atoms with van der Waals surface area (Å²) in [4.78, 5) is 14.1. The van der Waals surface area contributed by atoms with E-state index in [1.54, 1.807) is 23.2 Å². The maximum Gasteiger partial charge on any atom is 0.256 e. The van der Waals surface area contributed by atoms with Gasteiger partial charge in [-0.05, 0) is 36.6 Å². The molecule has 3 nitrogen and oxygen atoms in total. The molecule has 0 saturated heterocycles. The minimum Gasteiger partial charge on any atom is -0.322 e. The fourth-order valence-corrected chi connectivity index (χ4v) is 2.70. The lowest BCUT2D eigenvalue weighted by atomic mass is 10.2. The molecule has 20 heavy (non-hydrogen) atoms. The number of hydrogen-bond acceptors (Lipinski definition) is 4. The molecule has 0 fully saturated rings. The molecule has 0 aliphatic heterocycles. The van der Waals surface area contributed by atoms with Gasteiger partial charge in [0.2, 0.25) is 0 Å². The van der Waals surface area contributed by atoms with Crippen LogP contribution in [0.1, 0.15) is 15.2 Å². The van der Waals surface area contributed by atoms with E-state index in [2.05, 4.69) is 17.2 Å². The molecule has 0 atom stereocenters. The van der Waals surface area contributed by atoms with E-state index in [9.17, 15) is 4.79 Å². The summed E-state index contributed by atoms with van der Waals surface area (Å²) >= 11 is 3.11. The Morgan fingerprint density at radius 3 is 2.80 bits per heavy atom. The lowest BCUT2D eigenvalue weighted by molar-refractivity contribution is 0.102. The highest BCUT2D eigenvalue weighted by Crippen LogP contribution is 2.19. The van der Waals surface area contributed by atoms with Gasteiger partial charge in [-0.1, -0.05) is 11.8 Å². The van der Waals surface area contributed by atoms with Crippen molar-refractivity contribution in [2.45, 2.75) is 4.90 Å². The fraction of sp³-hybridized carbons (Fsp3) is 0.133. The number of benzene rings is 1. The maximum absolute atomic E-state index is 12.1. The number of nitrogens with two attached hydrogens (primary N) is 1. The highest BCUT2D eigenvalue weighted by Gasteiger charge is 2.08. The molecule has 102 valence electrons. The van der Waals surface area contributed by atoms with Gasteiger partial charge in [0.15, 0.2) is 0 Å². The molecule has 0 spiro atoms. The number of thiophene rings is 1. The smallest absolute Gasteiger partial charge is 0.256 e. The SMILES string of the molecule is CSc1ccc(NC(=O)c2csc(C#CCN)c2)cc1. The molecule has 1 amide bonds. The molecule has 1 aromatic heterocycles. The van der Waals surface area contributed by atoms with Gasteiger partial charge in [0.05, 0.1) is 17.0 Å². The first kappa shape index (κ1) is 14.7. The summed E-state index contributed by atoms with van der Waals surface area (Å²) in [6.45, 7) is 0.321. The number of carbonyl (C=O) groups excluding carboxylic acids is 1. The second-order valence-electron chi connectivity index (χ2n) is 3.89. The first-order chi connectivity index (χ1) is 9.72. The van der Waals surface area contributed by atoms with Crippen molar-refractivity contribution in [1.29, 1.82) is 0 Å². The molecule has 0 bridgehead atoms. The van der Waals surface area contributed by atoms with Crippen molar-refractivity contribution in [1.82, 2.24) is 0 Å². The quantitative estimate of drug-likeness (QED) is 0.677. The molecule has 3 N–H and O–H groups in total. The number of nitrogens with one attached hydrogen (secondary N) is 1. The van der Waals surface area contributed by atoms with E-state index in [4.69, 9.17) is 5.73 Å². The number of anilines is 1. The number of carbonyl (C=O) groups is 1. The normalized spacial score (nSPS) is 9.70. The molecule has 2 rings (SSSR count). The Labute approximate surface area is 126 Å². The molecule has 0 aliphatic rings. The average Bonchev–Trinajstić information content (AvgIpc) is 2.95. The van der Waals surface area contributed by atoms with E-state index < -0.39 is 0 Å². The predicted molar refractivity (Wildman–Crippen MR) is 86.4 cm³/mol. The maximum atomic E-state index is 12.1. The van der Waals surface area contributed by atoms with Crippen LogP contribution in [0.2, 0.25) is 0 Å². The molecule has 1 heterocycles. The zero-order valence-corrected chi connectivity index (χ0v) is 12.6. The molecule has 5 heteroatoms. The summed E-state index contributed by atoms with van der Waals surface area (Å²) in [5.74, 6) is 5.57. The Morgan fingerprint density at radius 1 is 1.40 bits per heavy atom. The van der Waals surface area contributed by atoms with Crippen molar-refractivity contribution in [3.05, 3.63) is 46.2 Å². The van der Waals surface area contributed by atoms with Crippen LogP contribution in [0, 0.1) is 11.8 Å². The Kier molecular flexibility index (Phi) is 5.24. The van der Waals surface area contributed by atoms with Crippen LogP contribution in [-0.4, -0.2) is 18.7 Å². The van der Waals surface area contributed by atoms with Gasteiger partial charge < -0.3 is 11.1 Å². The molecular formula is C15H14N2OS2. The highest BCUT2D eigenvalue weighted by molar-refractivity contribution is 7.98. The monoisotopic (exact) mass is 302 g/mol. The van der Waals surface area contributed by atoms with Gasteiger partial charge in [-0.25, -0.2) is 0 Å². The summed E-state index contributed by atoms with van der Waals surface area (Å²) in [5, 5.41) is 4.66. The van der Waals surface area contributed by atoms with E-state index in [0.717, 1.165) is 15.5 Å². The molecule has 0 radical (unpaired) electrons. The second-order valence-corrected chi connectivity index (χ2v) is 5.68. The van der Waals surface area contributed by atoms with Gasteiger partial charge in [-0.15, -0.1) is 23.1 Å². The minimum absolute atomic E-state index is 0.126. The second kappa shape index (κ2) is 7.15. The van der Waals surface area contributed by atoms with Crippen molar-refractivity contribution >= 4 is 34.7 Å². The fourth-order valence-electron chi connectivity index (χ4n) is 1.54. The van der Waals surface area contributed by atoms with Crippen molar-refractivity contribution in [3.63, 3.8) is 0 Å². The lowest BCUT2D eigenvalue weighted by Crippen LogP contribution is -2.10. The van der Waals surface area contributed by atoms with E-state index >= 15 is 0 Å². The van der Waals surface area contributed by atoms with Crippen LogP contribution in [0.3, 0.4) is 0 Å². The molecule has 2 aromatic rings. The van der Waals surface area contributed by atoms with Gasteiger partial charge in [-0.2, -0.15) is 0 Å². The average molecular weight is 302 g/mol.